The summed E-state index contributed by atoms with van der Waals surface area (Å²) in [6.07, 6.45) is 2.31. The van der Waals surface area contributed by atoms with E-state index in [-0.39, 0.29) is 6.42 Å². The van der Waals surface area contributed by atoms with Crippen molar-refractivity contribution in [3.05, 3.63) is 24.2 Å². The highest BCUT2D eigenvalue weighted by Crippen LogP contribution is 2.15. The molecule has 1 atom stereocenters. The lowest BCUT2D eigenvalue weighted by Crippen LogP contribution is -1.92. The zero-order chi connectivity index (χ0) is 7.40. The molecule has 0 bridgehead atoms. The Morgan fingerprint density at radius 2 is 2.60 bits per heavy atom. The molecule has 1 heterocycles. The van der Waals surface area contributed by atoms with Crippen molar-refractivity contribution in [2.24, 2.45) is 0 Å². The molecule has 52 valence electrons. The molecule has 10 heavy (non-hydrogen) atoms. The van der Waals surface area contributed by atoms with Crippen molar-refractivity contribution < 1.29 is 9.52 Å². The van der Waals surface area contributed by atoms with E-state index in [0.29, 0.717) is 5.56 Å². The maximum absolute atomic E-state index is 9.13. The lowest BCUT2D eigenvalue weighted by Gasteiger charge is -1.99. The van der Waals surface area contributed by atoms with Gasteiger partial charge in [0, 0.05) is 5.56 Å². The van der Waals surface area contributed by atoms with Crippen molar-refractivity contribution in [3.63, 3.8) is 0 Å². The van der Waals surface area contributed by atoms with Crippen molar-refractivity contribution in [1.82, 2.24) is 0 Å². The van der Waals surface area contributed by atoms with Gasteiger partial charge in [-0.3, -0.25) is 0 Å². The molecule has 0 amide bonds. The number of hydrogen-bond acceptors (Lipinski definition) is 3. The smallest absolute Gasteiger partial charge is 0.0960 e. The first kappa shape index (κ1) is 6.84. The summed E-state index contributed by atoms with van der Waals surface area (Å²) in [6.45, 7) is 0. The lowest BCUT2D eigenvalue weighted by atomic mass is 10.1. The normalized spacial score (nSPS) is 12.4. The van der Waals surface area contributed by atoms with Gasteiger partial charge < -0.3 is 9.52 Å². The maximum atomic E-state index is 9.13. The Hall–Kier alpha value is -1.27. The van der Waals surface area contributed by atoms with E-state index in [9.17, 15) is 0 Å². The molecule has 0 fully saturated rings. The molecule has 1 aromatic rings. The Labute approximate surface area is 58.5 Å². The van der Waals surface area contributed by atoms with Crippen molar-refractivity contribution in [2.75, 3.05) is 0 Å². The molecule has 0 spiro atoms. The Bertz CT molecular complexity index is 222. The van der Waals surface area contributed by atoms with E-state index < -0.39 is 6.10 Å². The standard InChI is InChI=1S/C7H7NO2/c8-3-1-7(9)6-2-4-10-5-6/h2,4-5,7,9H,1H2/t7-/m1/s1. The summed E-state index contributed by atoms with van der Waals surface area (Å²) in [7, 11) is 0. The number of hydrogen-bond donors (Lipinski definition) is 1. The van der Waals surface area contributed by atoms with Gasteiger partial charge in [-0.2, -0.15) is 5.26 Å². The first-order chi connectivity index (χ1) is 4.84. The highest BCUT2D eigenvalue weighted by molar-refractivity contribution is 5.10. The summed E-state index contributed by atoms with van der Waals surface area (Å²) >= 11 is 0. The molecule has 0 aromatic carbocycles. The topological polar surface area (TPSA) is 57.2 Å². The molecule has 0 saturated carbocycles. The molecule has 0 aliphatic carbocycles. The van der Waals surface area contributed by atoms with Crippen LogP contribution in [0.15, 0.2) is 23.0 Å². The van der Waals surface area contributed by atoms with Gasteiger partial charge in [-0.25, -0.2) is 0 Å². The van der Waals surface area contributed by atoms with E-state index in [1.165, 1.54) is 12.5 Å². The molecule has 1 N–H and O–H groups in total. The number of nitriles is 1. The van der Waals surface area contributed by atoms with Crippen LogP contribution in [-0.4, -0.2) is 5.11 Å². The summed E-state index contributed by atoms with van der Waals surface area (Å²) < 4.78 is 4.71. The van der Waals surface area contributed by atoms with Crippen LogP contribution >= 0.6 is 0 Å². The monoisotopic (exact) mass is 137 g/mol. The zero-order valence-corrected chi connectivity index (χ0v) is 5.32. The first-order valence-corrected chi connectivity index (χ1v) is 2.91. The number of rotatable bonds is 2. The summed E-state index contributed by atoms with van der Waals surface area (Å²) in [6, 6.07) is 3.50. The van der Waals surface area contributed by atoms with Crippen LogP contribution in [0.25, 0.3) is 0 Å². The van der Waals surface area contributed by atoms with Crippen molar-refractivity contribution >= 4 is 0 Å². The van der Waals surface area contributed by atoms with Crippen LogP contribution in [0.4, 0.5) is 0 Å². The molecular weight excluding hydrogens is 130 g/mol. The molecule has 0 aliphatic rings. The quantitative estimate of drug-likeness (QED) is 0.666. The van der Waals surface area contributed by atoms with Crippen molar-refractivity contribution in [1.29, 1.82) is 5.26 Å². The van der Waals surface area contributed by atoms with E-state index in [4.69, 9.17) is 14.8 Å². The summed E-state index contributed by atoms with van der Waals surface area (Å²) in [5.41, 5.74) is 0.654. The van der Waals surface area contributed by atoms with Crippen LogP contribution in [0.3, 0.4) is 0 Å². The third-order valence-electron chi connectivity index (χ3n) is 1.21. The molecule has 3 nitrogen and oxygen atoms in total. The average Bonchev–Trinajstić information content (AvgIpc) is 2.38. The second-order valence-corrected chi connectivity index (χ2v) is 1.93. The second kappa shape index (κ2) is 3.04. The van der Waals surface area contributed by atoms with Crippen molar-refractivity contribution in [3.8, 4) is 6.07 Å². The van der Waals surface area contributed by atoms with E-state index in [1.807, 2.05) is 6.07 Å². The SMILES string of the molecule is N#CC[C@@H](O)c1ccoc1. The summed E-state index contributed by atoms with van der Waals surface area (Å²) in [5, 5.41) is 17.3. The predicted molar refractivity (Wildman–Crippen MR) is 33.9 cm³/mol. The number of aliphatic hydroxyl groups is 1. The van der Waals surface area contributed by atoms with Crippen LogP contribution in [0, 0.1) is 11.3 Å². The van der Waals surface area contributed by atoms with Gasteiger partial charge in [-0.05, 0) is 6.07 Å². The first-order valence-electron chi connectivity index (χ1n) is 2.91. The molecule has 0 aliphatic heterocycles. The molecule has 3 heteroatoms. The predicted octanol–water partition coefficient (Wildman–Crippen LogP) is 1.23. The van der Waals surface area contributed by atoms with E-state index in [2.05, 4.69) is 0 Å². The number of aliphatic hydroxyl groups excluding tert-OH is 1. The third-order valence-corrected chi connectivity index (χ3v) is 1.21. The van der Waals surface area contributed by atoms with Crippen LogP contribution in [0.5, 0.6) is 0 Å². The van der Waals surface area contributed by atoms with Gasteiger partial charge in [-0.15, -0.1) is 0 Å². The van der Waals surface area contributed by atoms with Crippen LogP contribution in [0.1, 0.15) is 18.1 Å². The Morgan fingerprint density at radius 3 is 3.10 bits per heavy atom. The van der Waals surface area contributed by atoms with E-state index in [0.717, 1.165) is 0 Å². The minimum atomic E-state index is -0.705. The fourth-order valence-electron chi connectivity index (χ4n) is 0.669. The number of furan rings is 1. The van der Waals surface area contributed by atoms with Crippen LogP contribution in [-0.2, 0) is 0 Å². The van der Waals surface area contributed by atoms with E-state index in [1.54, 1.807) is 6.07 Å². The minimum Gasteiger partial charge on any atom is -0.472 e. The van der Waals surface area contributed by atoms with Gasteiger partial charge in [-0.1, -0.05) is 0 Å². The van der Waals surface area contributed by atoms with Gasteiger partial charge in [0.05, 0.1) is 31.1 Å². The van der Waals surface area contributed by atoms with Crippen LogP contribution < -0.4 is 0 Å². The minimum absolute atomic E-state index is 0.111. The largest absolute Gasteiger partial charge is 0.472 e. The molecule has 0 radical (unpaired) electrons. The second-order valence-electron chi connectivity index (χ2n) is 1.93. The van der Waals surface area contributed by atoms with Gasteiger partial charge in [0.25, 0.3) is 0 Å². The molecule has 1 aromatic heterocycles. The fraction of sp³-hybridized carbons (Fsp3) is 0.286. The Morgan fingerprint density at radius 1 is 1.80 bits per heavy atom. The van der Waals surface area contributed by atoms with E-state index >= 15 is 0 Å². The fourth-order valence-corrected chi connectivity index (χ4v) is 0.669. The molecular formula is C7H7NO2. The lowest BCUT2D eigenvalue weighted by molar-refractivity contribution is 0.182. The summed E-state index contributed by atoms with van der Waals surface area (Å²) in [4.78, 5) is 0. The van der Waals surface area contributed by atoms with Crippen LogP contribution in [0.2, 0.25) is 0 Å². The highest BCUT2D eigenvalue weighted by Gasteiger charge is 2.06. The van der Waals surface area contributed by atoms with Gasteiger partial charge >= 0.3 is 0 Å². The highest BCUT2D eigenvalue weighted by atomic mass is 16.3. The van der Waals surface area contributed by atoms with Gasteiger partial charge in [0.15, 0.2) is 0 Å². The summed E-state index contributed by atoms with van der Waals surface area (Å²) in [5.74, 6) is 0. The Kier molecular flexibility index (Phi) is 2.08. The average molecular weight is 137 g/mol. The van der Waals surface area contributed by atoms with Gasteiger partial charge in [0.1, 0.15) is 0 Å². The Balaban J connectivity index is 2.61. The van der Waals surface area contributed by atoms with Crippen molar-refractivity contribution in [2.45, 2.75) is 12.5 Å². The molecule has 0 saturated heterocycles. The third kappa shape index (κ3) is 1.36. The maximum Gasteiger partial charge on any atom is 0.0960 e. The van der Waals surface area contributed by atoms with Gasteiger partial charge in [0.2, 0.25) is 0 Å². The molecule has 0 unspecified atom stereocenters. The number of nitrogens with zero attached hydrogens (tertiary/aromatic N) is 1. The zero-order valence-electron chi connectivity index (χ0n) is 5.32. The molecule has 1 rings (SSSR count).